The van der Waals surface area contributed by atoms with Crippen molar-refractivity contribution in [2.45, 2.75) is 31.7 Å². The van der Waals surface area contributed by atoms with Crippen molar-refractivity contribution in [2.75, 3.05) is 11.9 Å². The van der Waals surface area contributed by atoms with Gasteiger partial charge in [0.25, 0.3) is 5.91 Å². The first-order valence-electron chi connectivity index (χ1n) is 8.11. The zero-order valence-corrected chi connectivity index (χ0v) is 15.5. The SMILES string of the molecule is CC(=O)N[C@H]1C[C@@H](c2cc(NC(=O)COc3ccc(Cl)cc3Cl)[nH]n2)C1. The van der Waals surface area contributed by atoms with Crippen LogP contribution in [0, 0.1) is 0 Å². The van der Waals surface area contributed by atoms with Crippen LogP contribution in [0.5, 0.6) is 5.75 Å². The number of carbonyl (C=O) groups is 2. The Bertz CT molecular complexity index is 818. The van der Waals surface area contributed by atoms with E-state index in [0.29, 0.717) is 21.6 Å². The molecule has 1 fully saturated rings. The molecule has 0 saturated heterocycles. The molecule has 0 bridgehead atoms. The Morgan fingerprint density at radius 2 is 2.08 bits per heavy atom. The van der Waals surface area contributed by atoms with Gasteiger partial charge in [0.05, 0.1) is 10.7 Å². The van der Waals surface area contributed by atoms with Crippen LogP contribution in [0.25, 0.3) is 0 Å². The second kappa shape index (κ2) is 7.97. The van der Waals surface area contributed by atoms with E-state index in [2.05, 4.69) is 20.8 Å². The highest BCUT2D eigenvalue weighted by Crippen LogP contribution is 2.36. The van der Waals surface area contributed by atoms with Crippen molar-refractivity contribution in [3.05, 3.63) is 40.0 Å². The van der Waals surface area contributed by atoms with Crippen molar-refractivity contribution in [2.24, 2.45) is 0 Å². The number of ether oxygens (including phenoxy) is 1. The Kier molecular flexibility index (Phi) is 5.68. The molecule has 2 amide bonds. The van der Waals surface area contributed by atoms with Crippen LogP contribution in [0.2, 0.25) is 10.0 Å². The summed E-state index contributed by atoms with van der Waals surface area (Å²) < 4.78 is 5.39. The first kappa shape index (κ1) is 18.5. The molecule has 0 radical (unpaired) electrons. The molecule has 3 N–H and O–H groups in total. The fraction of sp³-hybridized carbons (Fsp3) is 0.353. The summed E-state index contributed by atoms with van der Waals surface area (Å²) >= 11 is 11.8. The number of aromatic amines is 1. The molecule has 7 nitrogen and oxygen atoms in total. The molecule has 0 atom stereocenters. The van der Waals surface area contributed by atoms with Gasteiger partial charge in [-0.15, -0.1) is 0 Å². The highest BCUT2D eigenvalue weighted by atomic mass is 35.5. The Balaban J connectivity index is 1.47. The second-order valence-electron chi connectivity index (χ2n) is 6.18. The van der Waals surface area contributed by atoms with E-state index in [1.165, 1.54) is 6.92 Å². The maximum absolute atomic E-state index is 12.0. The van der Waals surface area contributed by atoms with E-state index >= 15 is 0 Å². The number of benzene rings is 1. The quantitative estimate of drug-likeness (QED) is 0.698. The van der Waals surface area contributed by atoms with Gasteiger partial charge in [-0.2, -0.15) is 5.10 Å². The number of hydrogen-bond donors (Lipinski definition) is 3. The summed E-state index contributed by atoms with van der Waals surface area (Å²) in [4.78, 5) is 23.0. The third-order valence-corrected chi connectivity index (χ3v) is 4.62. The van der Waals surface area contributed by atoms with Gasteiger partial charge in [-0.05, 0) is 31.0 Å². The van der Waals surface area contributed by atoms with E-state index in [4.69, 9.17) is 27.9 Å². The molecule has 3 rings (SSSR count). The highest BCUT2D eigenvalue weighted by Gasteiger charge is 2.32. The molecule has 1 aliphatic carbocycles. The first-order chi connectivity index (χ1) is 12.4. The Morgan fingerprint density at radius 3 is 2.77 bits per heavy atom. The molecule has 1 heterocycles. The Hall–Kier alpha value is -2.25. The van der Waals surface area contributed by atoms with Crippen LogP contribution in [0.15, 0.2) is 24.3 Å². The number of rotatable bonds is 6. The van der Waals surface area contributed by atoms with E-state index in [-0.39, 0.29) is 30.4 Å². The minimum atomic E-state index is -0.337. The molecule has 1 aliphatic rings. The van der Waals surface area contributed by atoms with E-state index in [1.54, 1.807) is 24.3 Å². The predicted molar refractivity (Wildman–Crippen MR) is 98.8 cm³/mol. The number of aromatic nitrogens is 2. The lowest BCUT2D eigenvalue weighted by atomic mass is 9.78. The van der Waals surface area contributed by atoms with Gasteiger partial charge in [0.2, 0.25) is 5.91 Å². The summed E-state index contributed by atoms with van der Waals surface area (Å²) in [5, 5.41) is 13.4. The number of amides is 2. The zero-order valence-electron chi connectivity index (χ0n) is 14.0. The third-order valence-electron chi connectivity index (χ3n) is 4.09. The third kappa shape index (κ3) is 4.68. The number of carbonyl (C=O) groups excluding carboxylic acids is 2. The van der Waals surface area contributed by atoms with Crippen LogP contribution in [0.3, 0.4) is 0 Å². The van der Waals surface area contributed by atoms with Crippen molar-refractivity contribution in [3.63, 3.8) is 0 Å². The largest absolute Gasteiger partial charge is 0.482 e. The van der Waals surface area contributed by atoms with Gasteiger partial charge in [0.15, 0.2) is 6.61 Å². The fourth-order valence-corrected chi connectivity index (χ4v) is 3.26. The van der Waals surface area contributed by atoms with Crippen LogP contribution in [0.4, 0.5) is 5.82 Å². The summed E-state index contributed by atoms with van der Waals surface area (Å²) in [6.45, 7) is 1.32. The van der Waals surface area contributed by atoms with Crippen molar-refractivity contribution < 1.29 is 14.3 Å². The summed E-state index contributed by atoms with van der Waals surface area (Å²) in [5.74, 6) is 0.798. The number of hydrogen-bond acceptors (Lipinski definition) is 4. The average Bonchev–Trinajstić information content (AvgIpc) is 2.97. The Morgan fingerprint density at radius 1 is 1.31 bits per heavy atom. The van der Waals surface area contributed by atoms with E-state index in [1.807, 2.05) is 0 Å². The molecule has 9 heteroatoms. The number of H-pyrrole nitrogens is 1. The Labute approximate surface area is 160 Å². The molecule has 0 spiro atoms. The average molecular weight is 397 g/mol. The molecule has 1 aromatic carbocycles. The molecule has 26 heavy (non-hydrogen) atoms. The van der Waals surface area contributed by atoms with Crippen LogP contribution in [-0.4, -0.2) is 34.7 Å². The van der Waals surface area contributed by atoms with Gasteiger partial charge in [-0.25, -0.2) is 0 Å². The molecular formula is C17H18Cl2N4O3. The van der Waals surface area contributed by atoms with Crippen molar-refractivity contribution in [3.8, 4) is 5.75 Å². The van der Waals surface area contributed by atoms with Crippen molar-refractivity contribution in [1.82, 2.24) is 15.5 Å². The van der Waals surface area contributed by atoms with Crippen molar-refractivity contribution in [1.29, 1.82) is 0 Å². The lowest BCUT2D eigenvalue weighted by molar-refractivity contribution is -0.120. The van der Waals surface area contributed by atoms with Gasteiger partial charge in [0.1, 0.15) is 11.6 Å². The van der Waals surface area contributed by atoms with Crippen molar-refractivity contribution >= 4 is 40.8 Å². The normalized spacial score (nSPS) is 18.7. The monoisotopic (exact) mass is 396 g/mol. The van der Waals surface area contributed by atoms with Gasteiger partial charge in [0, 0.05) is 30.0 Å². The standard InChI is InChI=1S/C17H18Cl2N4O3/c1-9(24)20-12-4-10(5-12)14-7-16(23-22-14)21-17(25)8-26-15-3-2-11(18)6-13(15)19/h2-3,6-7,10,12H,4-5,8H2,1H3,(H,20,24)(H2,21,22,23,25)/t10-,12+. The smallest absolute Gasteiger partial charge is 0.263 e. The summed E-state index contributed by atoms with van der Waals surface area (Å²) in [5.41, 5.74) is 0.864. The fourth-order valence-electron chi connectivity index (χ4n) is 2.80. The maximum atomic E-state index is 12.0. The summed E-state index contributed by atoms with van der Waals surface area (Å²) in [6, 6.07) is 6.78. The summed E-state index contributed by atoms with van der Waals surface area (Å²) in [6.07, 6.45) is 1.69. The maximum Gasteiger partial charge on any atom is 0.263 e. The molecule has 138 valence electrons. The first-order valence-corrected chi connectivity index (χ1v) is 8.86. The molecule has 1 aromatic heterocycles. The number of anilines is 1. The lowest BCUT2D eigenvalue weighted by Gasteiger charge is -2.34. The van der Waals surface area contributed by atoms with E-state index in [9.17, 15) is 9.59 Å². The van der Waals surface area contributed by atoms with E-state index in [0.717, 1.165) is 18.5 Å². The predicted octanol–water partition coefficient (Wildman–Crippen LogP) is 3.12. The molecule has 0 unspecified atom stereocenters. The van der Waals surface area contributed by atoms with Crippen LogP contribution in [-0.2, 0) is 9.59 Å². The minimum absolute atomic E-state index is 0.0239. The lowest BCUT2D eigenvalue weighted by Crippen LogP contribution is -2.42. The molecule has 1 saturated carbocycles. The summed E-state index contributed by atoms with van der Waals surface area (Å²) in [7, 11) is 0. The van der Waals surface area contributed by atoms with Crippen LogP contribution < -0.4 is 15.4 Å². The number of halogens is 2. The van der Waals surface area contributed by atoms with Gasteiger partial charge in [-0.3, -0.25) is 14.7 Å². The zero-order chi connectivity index (χ0) is 18.7. The minimum Gasteiger partial charge on any atom is -0.482 e. The topological polar surface area (TPSA) is 96.1 Å². The van der Waals surface area contributed by atoms with Crippen LogP contribution in [0.1, 0.15) is 31.4 Å². The van der Waals surface area contributed by atoms with Gasteiger partial charge in [-0.1, -0.05) is 23.2 Å². The van der Waals surface area contributed by atoms with E-state index < -0.39 is 0 Å². The van der Waals surface area contributed by atoms with Gasteiger partial charge >= 0.3 is 0 Å². The highest BCUT2D eigenvalue weighted by molar-refractivity contribution is 6.35. The number of nitrogens with zero attached hydrogens (tertiary/aromatic N) is 1. The van der Waals surface area contributed by atoms with Crippen LogP contribution >= 0.6 is 23.2 Å². The molecule has 0 aliphatic heterocycles. The molecule has 2 aromatic rings. The second-order valence-corrected chi connectivity index (χ2v) is 7.03. The number of nitrogens with one attached hydrogen (secondary N) is 3. The molecular weight excluding hydrogens is 379 g/mol. The van der Waals surface area contributed by atoms with Gasteiger partial charge < -0.3 is 15.4 Å².